The van der Waals surface area contributed by atoms with Crippen LogP contribution in [0.4, 0.5) is 0 Å². The smallest absolute Gasteiger partial charge is 0.168 e. The van der Waals surface area contributed by atoms with Crippen molar-refractivity contribution in [3.05, 3.63) is 76.7 Å². The third-order valence-corrected chi connectivity index (χ3v) is 5.23. The van der Waals surface area contributed by atoms with Gasteiger partial charge in [-0.15, -0.1) is 0 Å². The van der Waals surface area contributed by atoms with Gasteiger partial charge in [0, 0.05) is 19.3 Å². The maximum atomic E-state index is 12.9. The first-order chi connectivity index (χ1) is 14.2. The Kier molecular flexibility index (Phi) is 5.65. The molecule has 0 spiro atoms. The van der Waals surface area contributed by atoms with Gasteiger partial charge in [0.15, 0.2) is 23.0 Å². The van der Waals surface area contributed by atoms with Crippen molar-refractivity contribution in [1.29, 1.82) is 0 Å². The summed E-state index contributed by atoms with van der Waals surface area (Å²) in [6.45, 7) is 5.02. The lowest BCUT2D eigenvalue weighted by Gasteiger charge is -2.20. The zero-order valence-corrected chi connectivity index (χ0v) is 16.8. The third kappa shape index (κ3) is 4.04. The van der Waals surface area contributed by atoms with E-state index in [4.69, 9.17) is 14.0 Å². The van der Waals surface area contributed by atoms with Crippen molar-refractivity contribution in [2.24, 2.45) is 0 Å². The summed E-state index contributed by atoms with van der Waals surface area (Å²) in [5, 5.41) is 4.23. The summed E-state index contributed by atoms with van der Waals surface area (Å²) in [5.74, 6) is 2.31. The van der Waals surface area contributed by atoms with E-state index < -0.39 is 0 Å². The topological polar surface area (TPSA) is 61.6 Å². The van der Waals surface area contributed by atoms with Crippen molar-refractivity contribution in [1.82, 2.24) is 5.16 Å². The van der Waals surface area contributed by atoms with Gasteiger partial charge >= 0.3 is 0 Å². The Bertz CT molecular complexity index is 993. The van der Waals surface area contributed by atoms with E-state index in [-0.39, 0.29) is 11.7 Å². The molecule has 150 valence electrons. The van der Waals surface area contributed by atoms with Crippen molar-refractivity contribution in [2.75, 3.05) is 13.2 Å². The van der Waals surface area contributed by atoms with Crippen LogP contribution in [-0.2, 0) is 12.8 Å². The Hall–Kier alpha value is -3.08. The van der Waals surface area contributed by atoms with E-state index in [0.717, 1.165) is 23.4 Å². The molecule has 1 atom stereocenters. The molecule has 0 unspecified atom stereocenters. The molecule has 1 heterocycles. The molecule has 3 aromatic rings. The lowest BCUT2D eigenvalue weighted by Crippen LogP contribution is -2.19. The molecule has 0 aliphatic heterocycles. The number of rotatable bonds is 7. The average molecular weight is 391 g/mol. The molecule has 1 aliphatic rings. The summed E-state index contributed by atoms with van der Waals surface area (Å²) >= 11 is 0. The molecule has 4 rings (SSSR count). The van der Waals surface area contributed by atoms with Crippen LogP contribution in [0.25, 0.3) is 0 Å². The molecular weight excluding hydrogens is 366 g/mol. The highest BCUT2D eigenvalue weighted by Gasteiger charge is 2.32. The van der Waals surface area contributed by atoms with E-state index in [2.05, 4.69) is 17.3 Å². The maximum Gasteiger partial charge on any atom is 0.168 e. The Balaban J connectivity index is 1.57. The number of hydrogen-bond donors (Lipinski definition) is 0. The van der Waals surface area contributed by atoms with Crippen LogP contribution in [0, 0.1) is 0 Å². The Morgan fingerprint density at radius 2 is 1.76 bits per heavy atom. The van der Waals surface area contributed by atoms with Crippen LogP contribution in [0.2, 0.25) is 0 Å². The van der Waals surface area contributed by atoms with E-state index >= 15 is 0 Å². The van der Waals surface area contributed by atoms with Crippen molar-refractivity contribution in [2.45, 2.75) is 39.0 Å². The first-order valence-electron chi connectivity index (χ1n) is 10.1. The quantitative estimate of drug-likeness (QED) is 0.569. The summed E-state index contributed by atoms with van der Waals surface area (Å²) < 4.78 is 16.9. The number of hydrogen-bond acceptors (Lipinski definition) is 5. The van der Waals surface area contributed by atoms with Crippen LogP contribution in [0.3, 0.4) is 0 Å². The van der Waals surface area contributed by atoms with Crippen LogP contribution >= 0.6 is 0 Å². The minimum absolute atomic E-state index is 0.104. The molecule has 1 aliphatic carbocycles. The second kappa shape index (κ2) is 8.52. The predicted molar refractivity (Wildman–Crippen MR) is 110 cm³/mol. The van der Waals surface area contributed by atoms with Gasteiger partial charge in [-0.05, 0) is 43.0 Å². The van der Waals surface area contributed by atoms with Gasteiger partial charge in [-0.3, -0.25) is 4.79 Å². The van der Waals surface area contributed by atoms with Crippen molar-refractivity contribution in [3.8, 4) is 11.5 Å². The largest absolute Gasteiger partial charge is 0.490 e. The van der Waals surface area contributed by atoms with Crippen LogP contribution < -0.4 is 9.47 Å². The average Bonchev–Trinajstić information content (AvgIpc) is 3.14. The summed E-state index contributed by atoms with van der Waals surface area (Å²) in [6.07, 6.45) is 1.71. The lowest BCUT2D eigenvalue weighted by atomic mass is 9.81. The van der Waals surface area contributed by atoms with Crippen LogP contribution in [0.1, 0.15) is 59.1 Å². The molecule has 2 aromatic carbocycles. The Morgan fingerprint density at radius 3 is 2.52 bits per heavy atom. The van der Waals surface area contributed by atoms with Crippen LogP contribution in [0.15, 0.2) is 53.1 Å². The van der Waals surface area contributed by atoms with Crippen LogP contribution in [0.5, 0.6) is 11.5 Å². The third-order valence-electron chi connectivity index (χ3n) is 5.23. The number of carbonyl (C=O) groups is 1. The van der Waals surface area contributed by atoms with Gasteiger partial charge in [0.2, 0.25) is 0 Å². The van der Waals surface area contributed by atoms with Crippen LogP contribution in [-0.4, -0.2) is 24.2 Å². The number of carbonyl (C=O) groups excluding carboxylic acids is 1. The highest BCUT2D eigenvalue weighted by Crippen LogP contribution is 2.35. The minimum Gasteiger partial charge on any atom is -0.490 e. The van der Waals surface area contributed by atoms with Gasteiger partial charge in [0.05, 0.1) is 24.5 Å². The molecule has 0 bridgehead atoms. The monoisotopic (exact) mass is 391 g/mol. The standard InChI is InChI=1S/C24H25NO4/c1-3-27-21-11-10-16(12-22(21)28-4-2)13-23-24-19(25-29-23)14-18(15-20(24)26)17-8-6-5-7-9-17/h5-12,18H,3-4,13-15H2,1-2H3/t18-/m1/s1. The van der Waals surface area contributed by atoms with Gasteiger partial charge < -0.3 is 14.0 Å². The predicted octanol–water partition coefficient (Wildman–Crippen LogP) is 4.98. The first-order valence-corrected chi connectivity index (χ1v) is 10.1. The maximum absolute atomic E-state index is 12.9. The highest BCUT2D eigenvalue weighted by atomic mass is 16.5. The molecule has 5 heteroatoms. The number of fused-ring (bicyclic) bond motifs is 1. The molecule has 1 aromatic heterocycles. The second-order valence-electron chi connectivity index (χ2n) is 7.19. The first kappa shape index (κ1) is 19.2. The molecule has 29 heavy (non-hydrogen) atoms. The normalized spacial score (nSPS) is 15.8. The second-order valence-corrected chi connectivity index (χ2v) is 7.19. The Labute approximate surface area is 170 Å². The number of ether oxygens (including phenoxy) is 2. The van der Waals surface area contributed by atoms with Gasteiger partial charge in [0.25, 0.3) is 0 Å². The van der Waals surface area contributed by atoms with Crippen molar-refractivity contribution >= 4 is 5.78 Å². The van der Waals surface area contributed by atoms with E-state index in [1.165, 1.54) is 5.56 Å². The molecule has 0 saturated heterocycles. The Morgan fingerprint density at radius 1 is 1.00 bits per heavy atom. The zero-order valence-electron chi connectivity index (χ0n) is 16.8. The zero-order chi connectivity index (χ0) is 20.2. The fraction of sp³-hybridized carbons (Fsp3) is 0.333. The van der Waals surface area contributed by atoms with Gasteiger partial charge in [-0.25, -0.2) is 0 Å². The summed E-state index contributed by atoms with van der Waals surface area (Å²) in [6, 6.07) is 16.0. The summed E-state index contributed by atoms with van der Waals surface area (Å²) in [7, 11) is 0. The van der Waals surface area contributed by atoms with Gasteiger partial charge in [-0.2, -0.15) is 0 Å². The molecule has 0 fully saturated rings. The number of Topliss-reactive ketones (excluding diaryl/α,β-unsaturated/α-hetero) is 1. The SMILES string of the molecule is CCOc1ccc(Cc2onc3c2C(=O)C[C@H](c2ccccc2)C3)cc1OCC. The van der Waals surface area contributed by atoms with E-state index in [1.807, 2.05) is 50.2 Å². The molecular formula is C24H25NO4. The number of nitrogens with zero attached hydrogens (tertiary/aromatic N) is 1. The van der Waals surface area contributed by atoms with Gasteiger partial charge in [0.1, 0.15) is 0 Å². The minimum atomic E-state index is 0.104. The van der Waals surface area contributed by atoms with E-state index in [9.17, 15) is 4.79 Å². The number of ketones is 1. The molecule has 0 N–H and O–H groups in total. The fourth-order valence-corrected chi connectivity index (χ4v) is 3.92. The number of benzene rings is 2. The molecule has 5 nitrogen and oxygen atoms in total. The molecule has 0 radical (unpaired) electrons. The molecule has 0 saturated carbocycles. The lowest BCUT2D eigenvalue weighted by molar-refractivity contribution is 0.0963. The highest BCUT2D eigenvalue weighted by molar-refractivity contribution is 5.99. The summed E-state index contributed by atoms with van der Waals surface area (Å²) in [5.41, 5.74) is 3.59. The van der Waals surface area contributed by atoms with Gasteiger partial charge in [-0.1, -0.05) is 41.6 Å². The molecule has 0 amide bonds. The van der Waals surface area contributed by atoms with Crippen molar-refractivity contribution < 1.29 is 18.8 Å². The number of aromatic nitrogens is 1. The summed E-state index contributed by atoms with van der Waals surface area (Å²) in [4.78, 5) is 12.9. The van der Waals surface area contributed by atoms with Crippen molar-refractivity contribution in [3.63, 3.8) is 0 Å². The fourth-order valence-electron chi connectivity index (χ4n) is 3.92. The van der Waals surface area contributed by atoms with E-state index in [1.54, 1.807) is 0 Å². The van der Waals surface area contributed by atoms with E-state index in [0.29, 0.717) is 43.1 Å².